The van der Waals surface area contributed by atoms with Crippen molar-refractivity contribution in [2.45, 2.75) is 45.7 Å². The second-order valence-electron chi connectivity index (χ2n) is 7.89. The third kappa shape index (κ3) is 4.72. The molecule has 0 N–H and O–H groups in total. The molecule has 1 atom stereocenters. The van der Waals surface area contributed by atoms with Crippen LogP contribution in [0.15, 0.2) is 22.0 Å². The van der Waals surface area contributed by atoms with Crippen LogP contribution in [0, 0.1) is 13.8 Å². The fourth-order valence-corrected chi connectivity index (χ4v) is 6.18. The Morgan fingerprint density at radius 2 is 2.19 bits per heavy atom. The molecule has 166 valence electrons. The number of amides is 1. The molecule has 1 aliphatic heterocycles. The fourth-order valence-electron chi connectivity index (χ4n) is 3.84. The molecule has 4 rings (SSSR count). The van der Waals surface area contributed by atoms with Crippen LogP contribution in [-0.2, 0) is 27.6 Å². The number of rotatable bonds is 7. The Morgan fingerprint density at radius 1 is 1.39 bits per heavy atom. The summed E-state index contributed by atoms with van der Waals surface area (Å²) < 4.78 is 30.7. The smallest absolute Gasteiger partial charge is 0.227 e. The first-order valence-corrected chi connectivity index (χ1v) is 12.8. The van der Waals surface area contributed by atoms with E-state index in [1.165, 1.54) is 11.3 Å². The Bertz CT molecular complexity index is 1180. The van der Waals surface area contributed by atoms with Gasteiger partial charge in [-0.15, -0.1) is 11.3 Å². The average molecular weight is 464 g/mol. The first-order valence-electron chi connectivity index (χ1n) is 10.1. The van der Waals surface area contributed by atoms with Crippen LogP contribution in [-0.4, -0.2) is 57.7 Å². The highest BCUT2D eigenvalue weighted by Crippen LogP contribution is 2.27. The van der Waals surface area contributed by atoms with Gasteiger partial charge in [0.25, 0.3) is 0 Å². The predicted octanol–water partition coefficient (Wildman–Crippen LogP) is 2.56. The average Bonchev–Trinajstić information content (AvgIpc) is 3.50. The minimum absolute atomic E-state index is 0.0362. The van der Waals surface area contributed by atoms with E-state index in [0.717, 1.165) is 21.8 Å². The van der Waals surface area contributed by atoms with Gasteiger partial charge in [0.15, 0.2) is 9.84 Å². The maximum absolute atomic E-state index is 12.7. The number of aromatic nitrogens is 4. The number of carbonyl (C=O) groups is 1. The minimum atomic E-state index is -2.99. The van der Waals surface area contributed by atoms with Crippen LogP contribution >= 0.6 is 11.3 Å². The van der Waals surface area contributed by atoms with Gasteiger partial charge in [0, 0.05) is 37.7 Å². The standard InChI is InChI=1S/C20H25N5O4S2/c1-13-16(14(2)25(22-13)15-8-10-31(27,28)12-15)11-24(3)19(26)7-6-18-21-20(23-29-18)17-5-4-9-30-17/h4-5,9,15H,6-8,10-12H2,1-3H3/t15-/m0/s1. The third-order valence-electron chi connectivity index (χ3n) is 5.61. The molecule has 0 bridgehead atoms. The summed E-state index contributed by atoms with van der Waals surface area (Å²) >= 11 is 1.53. The SMILES string of the molecule is Cc1nn([C@H]2CCS(=O)(=O)C2)c(C)c1CN(C)C(=O)CCc1nc(-c2cccs2)no1. The maximum atomic E-state index is 12.7. The molecule has 0 aliphatic carbocycles. The van der Waals surface area contributed by atoms with Crippen molar-refractivity contribution in [3.8, 4) is 10.7 Å². The van der Waals surface area contributed by atoms with Crippen LogP contribution in [0.3, 0.4) is 0 Å². The lowest BCUT2D eigenvalue weighted by Crippen LogP contribution is -2.27. The summed E-state index contributed by atoms with van der Waals surface area (Å²) in [4.78, 5) is 19.6. The molecule has 0 radical (unpaired) electrons. The Morgan fingerprint density at radius 3 is 2.87 bits per heavy atom. The maximum Gasteiger partial charge on any atom is 0.227 e. The number of nitrogens with zero attached hydrogens (tertiary/aromatic N) is 5. The number of hydrogen-bond donors (Lipinski definition) is 0. The Kier molecular flexibility index (Phi) is 5.98. The second-order valence-corrected chi connectivity index (χ2v) is 11.1. The van der Waals surface area contributed by atoms with Gasteiger partial charge in [0.05, 0.1) is 28.1 Å². The van der Waals surface area contributed by atoms with E-state index in [-0.39, 0.29) is 29.9 Å². The first kappa shape index (κ1) is 21.7. The topological polar surface area (TPSA) is 111 Å². The highest BCUT2D eigenvalue weighted by atomic mass is 32.2. The van der Waals surface area contributed by atoms with Crippen LogP contribution in [0.5, 0.6) is 0 Å². The molecule has 1 fully saturated rings. The summed E-state index contributed by atoms with van der Waals surface area (Å²) in [7, 11) is -1.24. The van der Waals surface area contributed by atoms with E-state index >= 15 is 0 Å². The van der Waals surface area contributed by atoms with E-state index in [1.807, 2.05) is 36.0 Å². The summed E-state index contributed by atoms with van der Waals surface area (Å²) in [6.45, 7) is 4.24. The lowest BCUT2D eigenvalue weighted by atomic mass is 10.1. The van der Waals surface area contributed by atoms with E-state index in [1.54, 1.807) is 11.9 Å². The first-order chi connectivity index (χ1) is 14.7. The summed E-state index contributed by atoms with van der Waals surface area (Å²) in [6.07, 6.45) is 1.21. The molecule has 0 saturated carbocycles. The van der Waals surface area contributed by atoms with Crippen molar-refractivity contribution in [1.29, 1.82) is 0 Å². The largest absolute Gasteiger partial charge is 0.341 e. The van der Waals surface area contributed by atoms with Crippen molar-refractivity contribution in [3.63, 3.8) is 0 Å². The van der Waals surface area contributed by atoms with Gasteiger partial charge in [-0.3, -0.25) is 9.48 Å². The van der Waals surface area contributed by atoms with Crippen molar-refractivity contribution < 1.29 is 17.7 Å². The van der Waals surface area contributed by atoms with Crippen LogP contribution in [0.25, 0.3) is 10.7 Å². The van der Waals surface area contributed by atoms with E-state index in [0.29, 0.717) is 31.1 Å². The quantitative estimate of drug-likeness (QED) is 0.529. The molecule has 4 heterocycles. The van der Waals surface area contributed by atoms with Gasteiger partial charge in [0.1, 0.15) is 0 Å². The molecule has 31 heavy (non-hydrogen) atoms. The highest BCUT2D eigenvalue weighted by Gasteiger charge is 2.31. The van der Waals surface area contributed by atoms with Gasteiger partial charge in [-0.05, 0) is 31.7 Å². The molecule has 0 spiro atoms. The Balaban J connectivity index is 1.37. The molecule has 1 amide bonds. The number of thiophene rings is 1. The zero-order valence-corrected chi connectivity index (χ0v) is 19.4. The Labute approximate surface area is 185 Å². The number of sulfone groups is 1. The van der Waals surface area contributed by atoms with Crippen molar-refractivity contribution >= 4 is 27.1 Å². The van der Waals surface area contributed by atoms with Crippen LogP contribution in [0.1, 0.15) is 41.7 Å². The molecule has 11 heteroatoms. The van der Waals surface area contributed by atoms with Crippen molar-refractivity contribution in [3.05, 3.63) is 40.4 Å². The normalized spacial score (nSPS) is 17.8. The molecule has 0 aromatic carbocycles. The van der Waals surface area contributed by atoms with Crippen molar-refractivity contribution in [2.24, 2.45) is 0 Å². The van der Waals surface area contributed by atoms with Gasteiger partial charge < -0.3 is 9.42 Å². The van der Waals surface area contributed by atoms with Crippen molar-refractivity contribution in [1.82, 2.24) is 24.8 Å². The zero-order chi connectivity index (χ0) is 22.2. The van der Waals surface area contributed by atoms with E-state index in [2.05, 4.69) is 15.2 Å². The zero-order valence-electron chi connectivity index (χ0n) is 17.7. The summed E-state index contributed by atoms with van der Waals surface area (Å²) in [5.74, 6) is 1.27. The molecule has 9 nitrogen and oxygen atoms in total. The molecule has 1 aliphatic rings. The number of hydrogen-bond acceptors (Lipinski definition) is 8. The fraction of sp³-hybridized carbons (Fsp3) is 0.500. The van der Waals surface area contributed by atoms with Gasteiger partial charge in [-0.25, -0.2) is 8.42 Å². The lowest BCUT2D eigenvalue weighted by molar-refractivity contribution is -0.130. The van der Waals surface area contributed by atoms with Gasteiger partial charge in [-0.2, -0.15) is 10.1 Å². The van der Waals surface area contributed by atoms with E-state index < -0.39 is 9.84 Å². The highest BCUT2D eigenvalue weighted by molar-refractivity contribution is 7.91. The van der Waals surface area contributed by atoms with Crippen LogP contribution < -0.4 is 0 Å². The van der Waals surface area contributed by atoms with Crippen LogP contribution in [0.4, 0.5) is 0 Å². The summed E-state index contributed by atoms with van der Waals surface area (Å²) in [5.41, 5.74) is 2.69. The molecule has 0 unspecified atom stereocenters. The predicted molar refractivity (Wildman–Crippen MR) is 116 cm³/mol. The third-order valence-corrected chi connectivity index (χ3v) is 8.23. The second kappa shape index (κ2) is 8.54. The lowest BCUT2D eigenvalue weighted by Gasteiger charge is -2.18. The summed E-state index contributed by atoms with van der Waals surface area (Å²) in [5, 5.41) is 10.5. The van der Waals surface area contributed by atoms with Gasteiger partial charge >= 0.3 is 0 Å². The molecular formula is C20H25N5O4S2. The number of aryl methyl sites for hydroxylation is 2. The van der Waals surface area contributed by atoms with E-state index in [4.69, 9.17) is 4.52 Å². The summed E-state index contributed by atoms with van der Waals surface area (Å²) in [6, 6.07) is 3.71. The van der Waals surface area contributed by atoms with Gasteiger partial charge in [0.2, 0.25) is 17.6 Å². The molecule has 1 saturated heterocycles. The van der Waals surface area contributed by atoms with Crippen molar-refractivity contribution in [2.75, 3.05) is 18.6 Å². The van der Waals surface area contributed by atoms with E-state index in [9.17, 15) is 13.2 Å². The minimum Gasteiger partial charge on any atom is -0.341 e. The monoisotopic (exact) mass is 463 g/mol. The Hall–Kier alpha value is -2.53. The van der Waals surface area contributed by atoms with Gasteiger partial charge in [-0.1, -0.05) is 11.2 Å². The molecular weight excluding hydrogens is 438 g/mol. The molecule has 3 aromatic heterocycles. The number of carbonyl (C=O) groups excluding carboxylic acids is 1. The molecule has 3 aromatic rings. The van der Waals surface area contributed by atoms with Crippen LogP contribution in [0.2, 0.25) is 0 Å².